The molecule has 116 valence electrons. The van der Waals surface area contributed by atoms with Crippen LogP contribution < -0.4 is 0 Å². The lowest BCUT2D eigenvalue weighted by atomic mass is 10.0. The van der Waals surface area contributed by atoms with Crippen molar-refractivity contribution >= 4 is 17.3 Å². The van der Waals surface area contributed by atoms with Crippen molar-refractivity contribution in [3.63, 3.8) is 0 Å². The third-order valence-electron chi connectivity index (χ3n) is 3.99. The first-order valence-corrected chi connectivity index (χ1v) is 8.16. The number of halogens is 1. The fourth-order valence-corrected chi connectivity index (χ4v) is 3.68. The van der Waals surface area contributed by atoms with Crippen LogP contribution in [0.2, 0.25) is 0 Å². The molecule has 0 spiro atoms. The molecule has 1 fully saturated rings. The third-order valence-corrected chi connectivity index (χ3v) is 4.83. The van der Waals surface area contributed by atoms with E-state index in [9.17, 15) is 9.18 Å². The van der Waals surface area contributed by atoms with E-state index in [1.807, 2.05) is 12.1 Å². The molecule has 1 unspecified atom stereocenters. The van der Waals surface area contributed by atoms with E-state index in [2.05, 4.69) is 9.88 Å². The molecule has 1 aromatic heterocycles. The Labute approximate surface area is 132 Å². The molecule has 1 aliphatic rings. The summed E-state index contributed by atoms with van der Waals surface area (Å²) in [5.74, 6) is -1.19. The molecule has 0 radical (unpaired) electrons. The maximum absolute atomic E-state index is 13.0. The molecule has 1 saturated heterocycles. The molecule has 1 N–H and O–H groups in total. The number of benzene rings is 1. The van der Waals surface area contributed by atoms with E-state index in [0.717, 1.165) is 36.4 Å². The van der Waals surface area contributed by atoms with Gasteiger partial charge in [0.1, 0.15) is 10.8 Å². The molecule has 0 amide bonds. The molecule has 6 heteroatoms. The van der Waals surface area contributed by atoms with E-state index in [-0.39, 0.29) is 11.5 Å². The molecular weight excluding hydrogens is 303 g/mol. The summed E-state index contributed by atoms with van der Waals surface area (Å²) in [5.41, 5.74) is 1.25. The van der Waals surface area contributed by atoms with E-state index >= 15 is 0 Å². The Balaban J connectivity index is 1.64. The van der Waals surface area contributed by atoms with Crippen LogP contribution in [-0.4, -0.2) is 33.5 Å². The fourth-order valence-electron chi connectivity index (χ4n) is 2.88. The van der Waals surface area contributed by atoms with Crippen molar-refractivity contribution in [1.82, 2.24) is 9.88 Å². The van der Waals surface area contributed by atoms with E-state index in [0.29, 0.717) is 12.6 Å². The second kappa shape index (κ2) is 6.54. The molecule has 2 aromatic rings. The average molecular weight is 320 g/mol. The summed E-state index contributed by atoms with van der Waals surface area (Å²) in [6.07, 6.45) is 3.12. The standard InChI is InChI=1S/C16H17FN2O2S/c17-12-5-3-11(4-6-12)8-13-2-1-7-19(13)9-15-18-14(10-22-15)16(20)21/h3-6,10,13H,1-2,7-9H2,(H,20,21). The monoisotopic (exact) mass is 320 g/mol. The number of nitrogens with zero attached hydrogens (tertiary/aromatic N) is 2. The van der Waals surface area contributed by atoms with Gasteiger partial charge in [-0.05, 0) is 43.5 Å². The van der Waals surface area contributed by atoms with Gasteiger partial charge in [-0.2, -0.15) is 0 Å². The minimum Gasteiger partial charge on any atom is -0.476 e. The highest BCUT2D eigenvalue weighted by molar-refractivity contribution is 7.09. The Bertz CT molecular complexity index is 656. The lowest BCUT2D eigenvalue weighted by molar-refractivity contribution is 0.0691. The van der Waals surface area contributed by atoms with Crippen LogP contribution in [-0.2, 0) is 13.0 Å². The van der Waals surface area contributed by atoms with Crippen molar-refractivity contribution < 1.29 is 14.3 Å². The van der Waals surface area contributed by atoms with Crippen LogP contribution in [0.1, 0.15) is 33.9 Å². The van der Waals surface area contributed by atoms with Crippen LogP contribution in [0.5, 0.6) is 0 Å². The lowest BCUT2D eigenvalue weighted by Crippen LogP contribution is -2.30. The number of aromatic carboxylic acids is 1. The largest absolute Gasteiger partial charge is 0.476 e. The van der Waals surface area contributed by atoms with Crippen molar-refractivity contribution in [2.75, 3.05) is 6.54 Å². The van der Waals surface area contributed by atoms with Crippen molar-refractivity contribution in [3.8, 4) is 0 Å². The summed E-state index contributed by atoms with van der Waals surface area (Å²) < 4.78 is 13.0. The van der Waals surface area contributed by atoms with Gasteiger partial charge in [0, 0.05) is 11.4 Å². The highest BCUT2D eigenvalue weighted by Crippen LogP contribution is 2.24. The van der Waals surface area contributed by atoms with E-state index in [4.69, 9.17) is 5.11 Å². The first-order chi connectivity index (χ1) is 10.6. The van der Waals surface area contributed by atoms with Gasteiger partial charge in [0.25, 0.3) is 0 Å². The molecule has 0 bridgehead atoms. The molecule has 1 atom stereocenters. The fraction of sp³-hybridized carbons (Fsp3) is 0.375. The summed E-state index contributed by atoms with van der Waals surface area (Å²) in [6, 6.07) is 7.06. The predicted molar refractivity (Wildman–Crippen MR) is 82.6 cm³/mol. The zero-order chi connectivity index (χ0) is 15.5. The SMILES string of the molecule is O=C(O)c1csc(CN2CCCC2Cc2ccc(F)cc2)n1. The number of rotatable bonds is 5. The Morgan fingerprint density at radius 3 is 2.86 bits per heavy atom. The van der Waals surface area contributed by atoms with Gasteiger partial charge < -0.3 is 5.11 Å². The zero-order valence-electron chi connectivity index (χ0n) is 12.0. The molecule has 2 heterocycles. The number of carboxylic acids is 1. The Morgan fingerprint density at radius 1 is 1.41 bits per heavy atom. The summed E-state index contributed by atoms with van der Waals surface area (Å²) in [6.45, 7) is 1.68. The van der Waals surface area contributed by atoms with Crippen LogP contribution in [0.3, 0.4) is 0 Å². The maximum Gasteiger partial charge on any atom is 0.355 e. The molecule has 0 saturated carbocycles. The molecule has 1 aliphatic heterocycles. The summed E-state index contributed by atoms with van der Waals surface area (Å²) >= 11 is 1.39. The topological polar surface area (TPSA) is 53.4 Å². The number of aromatic nitrogens is 1. The van der Waals surface area contributed by atoms with Gasteiger partial charge in [0.2, 0.25) is 0 Å². The lowest BCUT2D eigenvalue weighted by Gasteiger charge is -2.23. The van der Waals surface area contributed by atoms with Gasteiger partial charge in [-0.15, -0.1) is 11.3 Å². The minimum absolute atomic E-state index is 0.120. The average Bonchev–Trinajstić information content (AvgIpc) is 3.12. The van der Waals surface area contributed by atoms with Crippen molar-refractivity contribution in [1.29, 1.82) is 0 Å². The van der Waals surface area contributed by atoms with Gasteiger partial charge in [-0.25, -0.2) is 14.2 Å². The Kier molecular flexibility index (Phi) is 4.49. The van der Waals surface area contributed by atoms with Crippen LogP contribution >= 0.6 is 11.3 Å². The van der Waals surface area contributed by atoms with E-state index in [1.165, 1.54) is 23.5 Å². The maximum atomic E-state index is 13.0. The van der Waals surface area contributed by atoms with Crippen molar-refractivity contribution in [2.24, 2.45) is 0 Å². The number of likely N-dealkylation sites (tertiary alicyclic amines) is 1. The summed E-state index contributed by atoms with van der Waals surface area (Å²) in [7, 11) is 0. The Morgan fingerprint density at radius 2 is 2.18 bits per heavy atom. The van der Waals surface area contributed by atoms with Gasteiger partial charge in [-0.1, -0.05) is 12.1 Å². The van der Waals surface area contributed by atoms with Crippen molar-refractivity contribution in [2.45, 2.75) is 31.8 Å². The third kappa shape index (κ3) is 3.51. The van der Waals surface area contributed by atoms with Crippen LogP contribution in [0.15, 0.2) is 29.6 Å². The van der Waals surface area contributed by atoms with Crippen LogP contribution in [0.4, 0.5) is 4.39 Å². The van der Waals surface area contributed by atoms with Gasteiger partial charge in [0.15, 0.2) is 5.69 Å². The van der Waals surface area contributed by atoms with Crippen molar-refractivity contribution in [3.05, 3.63) is 51.7 Å². The second-order valence-electron chi connectivity index (χ2n) is 5.53. The number of carboxylic acid groups (broad SMARTS) is 1. The minimum atomic E-state index is -0.980. The molecule has 22 heavy (non-hydrogen) atoms. The number of hydrogen-bond donors (Lipinski definition) is 1. The van der Waals surface area contributed by atoms with Crippen LogP contribution in [0.25, 0.3) is 0 Å². The highest BCUT2D eigenvalue weighted by atomic mass is 32.1. The highest BCUT2D eigenvalue weighted by Gasteiger charge is 2.25. The van der Waals surface area contributed by atoms with Gasteiger partial charge in [-0.3, -0.25) is 4.90 Å². The number of hydrogen-bond acceptors (Lipinski definition) is 4. The van der Waals surface area contributed by atoms with Crippen LogP contribution in [0, 0.1) is 5.82 Å². The number of carbonyl (C=O) groups is 1. The summed E-state index contributed by atoms with van der Waals surface area (Å²) in [5, 5.41) is 11.4. The number of thiazole rings is 1. The zero-order valence-corrected chi connectivity index (χ0v) is 12.9. The van der Waals surface area contributed by atoms with Gasteiger partial charge in [0.05, 0.1) is 6.54 Å². The quantitative estimate of drug-likeness (QED) is 0.919. The second-order valence-corrected chi connectivity index (χ2v) is 6.47. The first kappa shape index (κ1) is 15.1. The van der Waals surface area contributed by atoms with Gasteiger partial charge >= 0.3 is 5.97 Å². The first-order valence-electron chi connectivity index (χ1n) is 7.28. The predicted octanol–water partition coefficient (Wildman–Crippen LogP) is 3.19. The molecule has 1 aromatic carbocycles. The normalized spacial score (nSPS) is 18.7. The molecule has 3 rings (SSSR count). The molecule has 0 aliphatic carbocycles. The summed E-state index contributed by atoms with van der Waals surface area (Å²) in [4.78, 5) is 17.4. The Hall–Kier alpha value is -1.79. The molecule has 4 nitrogen and oxygen atoms in total. The molecular formula is C16H17FN2O2S. The van der Waals surface area contributed by atoms with E-state index in [1.54, 1.807) is 5.38 Å². The smallest absolute Gasteiger partial charge is 0.355 e. The van der Waals surface area contributed by atoms with E-state index < -0.39 is 5.97 Å².